The van der Waals surface area contributed by atoms with Crippen LogP contribution in [0, 0.1) is 0 Å². The monoisotopic (exact) mass is 467 g/mol. The zero-order valence-corrected chi connectivity index (χ0v) is 18.7. The number of benzene rings is 2. The van der Waals surface area contributed by atoms with Crippen LogP contribution in [-0.4, -0.2) is 56.3 Å². The van der Waals surface area contributed by atoms with Crippen LogP contribution in [0.15, 0.2) is 47.4 Å². The third-order valence-electron chi connectivity index (χ3n) is 5.65. The predicted molar refractivity (Wildman–Crippen MR) is 119 cm³/mol. The van der Waals surface area contributed by atoms with Crippen molar-refractivity contribution in [1.82, 2.24) is 9.80 Å². The standard InChI is InChI=1S/C21H23Cl2N3O3S/c22-16-6-7-19(23)20(13-16)30(28,29)24-17-5-3-4-15(12-17)21(27)26-11-8-18(14-26)25-9-1-2-10-25/h3-7,12-13,18,24H,1-2,8-11,14H2. The number of carbonyl (C=O) groups is 1. The van der Waals surface area contributed by atoms with E-state index in [9.17, 15) is 13.2 Å². The fourth-order valence-electron chi connectivity index (χ4n) is 4.12. The molecule has 2 aromatic carbocycles. The van der Waals surface area contributed by atoms with E-state index >= 15 is 0 Å². The highest BCUT2D eigenvalue weighted by molar-refractivity contribution is 7.92. The van der Waals surface area contributed by atoms with E-state index in [0.29, 0.717) is 30.4 Å². The average Bonchev–Trinajstić information content (AvgIpc) is 3.40. The Kier molecular flexibility index (Phi) is 6.25. The second-order valence-electron chi connectivity index (χ2n) is 7.70. The van der Waals surface area contributed by atoms with Crippen molar-refractivity contribution in [2.45, 2.75) is 30.2 Å². The number of carbonyl (C=O) groups excluding carboxylic acids is 1. The van der Waals surface area contributed by atoms with Gasteiger partial charge in [0.2, 0.25) is 0 Å². The van der Waals surface area contributed by atoms with Crippen LogP contribution in [0.4, 0.5) is 5.69 Å². The van der Waals surface area contributed by atoms with Gasteiger partial charge < -0.3 is 4.90 Å². The number of hydrogen-bond donors (Lipinski definition) is 1. The molecule has 30 heavy (non-hydrogen) atoms. The summed E-state index contributed by atoms with van der Waals surface area (Å²) < 4.78 is 28.0. The van der Waals surface area contributed by atoms with E-state index in [0.717, 1.165) is 19.5 Å². The van der Waals surface area contributed by atoms with E-state index < -0.39 is 10.0 Å². The Morgan fingerprint density at radius 3 is 2.57 bits per heavy atom. The van der Waals surface area contributed by atoms with Crippen LogP contribution in [-0.2, 0) is 10.0 Å². The molecule has 160 valence electrons. The Morgan fingerprint density at radius 2 is 1.80 bits per heavy atom. The zero-order valence-electron chi connectivity index (χ0n) is 16.4. The summed E-state index contributed by atoms with van der Waals surface area (Å²) >= 11 is 12.0. The lowest BCUT2D eigenvalue weighted by atomic mass is 10.2. The van der Waals surface area contributed by atoms with Crippen LogP contribution in [0.25, 0.3) is 0 Å². The molecule has 1 atom stereocenters. The van der Waals surface area contributed by atoms with Crippen molar-refractivity contribution in [3.05, 3.63) is 58.1 Å². The van der Waals surface area contributed by atoms with E-state index in [1.54, 1.807) is 24.3 Å². The van der Waals surface area contributed by atoms with Crippen molar-refractivity contribution >= 4 is 44.8 Å². The van der Waals surface area contributed by atoms with Crippen molar-refractivity contribution < 1.29 is 13.2 Å². The van der Waals surface area contributed by atoms with Crippen LogP contribution >= 0.6 is 23.2 Å². The molecule has 4 rings (SSSR count). The van der Waals surface area contributed by atoms with Crippen molar-refractivity contribution in [2.24, 2.45) is 0 Å². The molecule has 0 radical (unpaired) electrons. The van der Waals surface area contributed by atoms with Crippen LogP contribution in [0.3, 0.4) is 0 Å². The van der Waals surface area contributed by atoms with E-state index in [1.165, 1.54) is 31.0 Å². The topological polar surface area (TPSA) is 69.7 Å². The zero-order chi connectivity index (χ0) is 21.3. The largest absolute Gasteiger partial charge is 0.337 e. The summed E-state index contributed by atoms with van der Waals surface area (Å²) in [6.45, 7) is 3.65. The van der Waals surface area contributed by atoms with Crippen LogP contribution in [0.2, 0.25) is 10.0 Å². The van der Waals surface area contributed by atoms with Gasteiger partial charge in [-0.3, -0.25) is 14.4 Å². The molecule has 2 aliphatic heterocycles. The molecule has 2 aromatic rings. The number of nitrogens with zero attached hydrogens (tertiary/aromatic N) is 2. The number of sulfonamides is 1. The molecule has 2 fully saturated rings. The van der Waals surface area contributed by atoms with Gasteiger partial charge in [-0.2, -0.15) is 0 Å². The molecule has 1 unspecified atom stereocenters. The Bertz CT molecular complexity index is 1060. The Balaban J connectivity index is 1.48. The molecule has 0 aromatic heterocycles. The van der Waals surface area contributed by atoms with Gasteiger partial charge in [-0.05, 0) is 68.8 Å². The van der Waals surface area contributed by atoms with Crippen LogP contribution in [0.1, 0.15) is 29.6 Å². The number of likely N-dealkylation sites (tertiary alicyclic amines) is 2. The second kappa shape index (κ2) is 8.75. The lowest BCUT2D eigenvalue weighted by molar-refractivity contribution is 0.0780. The number of anilines is 1. The minimum absolute atomic E-state index is 0.0733. The summed E-state index contributed by atoms with van der Waals surface area (Å²) in [7, 11) is -3.95. The fraction of sp³-hybridized carbons (Fsp3) is 0.381. The summed E-state index contributed by atoms with van der Waals surface area (Å²) in [5.41, 5.74) is 0.752. The smallest absolute Gasteiger partial charge is 0.263 e. The minimum atomic E-state index is -3.95. The molecule has 2 aliphatic rings. The third kappa shape index (κ3) is 4.59. The molecule has 0 bridgehead atoms. The van der Waals surface area contributed by atoms with Gasteiger partial charge in [0.05, 0.1) is 5.02 Å². The van der Waals surface area contributed by atoms with E-state index in [2.05, 4.69) is 9.62 Å². The molecule has 9 heteroatoms. The number of halogens is 2. The van der Waals surface area contributed by atoms with Crippen molar-refractivity contribution in [3.63, 3.8) is 0 Å². The fourth-order valence-corrected chi connectivity index (χ4v) is 5.94. The number of nitrogens with one attached hydrogen (secondary N) is 1. The van der Waals surface area contributed by atoms with Gasteiger partial charge in [-0.25, -0.2) is 8.42 Å². The summed E-state index contributed by atoms with van der Waals surface area (Å²) in [6.07, 6.45) is 3.43. The molecule has 0 saturated carbocycles. The van der Waals surface area contributed by atoms with Gasteiger partial charge in [0.15, 0.2) is 0 Å². The molecule has 0 aliphatic carbocycles. The number of hydrogen-bond acceptors (Lipinski definition) is 4. The normalized spacial score (nSPS) is 19.9. The van der Waals surface area contributed by atoms with Gasteiger partial charge in [0, 0.05) is 35.4 Å². The third-order valence-corrected chi connectivity index (χ3v) is 7.75. The molecular formula is C21H23Cl2N3O3S. The summed E-state index contributed by atoms with van der Waals surface area (Å²) in [4.78, 5) is 17.2. The molecule has 1 N–H and O–H groups in total. The first kappa shape index (κ1) is 21.4. The van der Waals surface area contributed by atoms with Crippen molar-refractivity contribution in [1.29, 1.82) is 0 Å². The van der Waals surface area contributed by atoms with E-state index in [1.807, 2.05) is 4.90 Å². The van der Waals surface area contributed by atoms with Crippen molar-refractivity contribution in [2.75, 3.05) is 30.9 Å². The maximum absolute atomic E-state index is 13.0. The Morgan fingerprint density at radius 1 is 1.03 bits per heavy atom. The van der Waals surface area contributed by atoms with Gasteiger partial charge in [-0.1, -0.05) is 29.3 Å². The first-order valence-electron chi connectivity index (χ1n) is 9.95. The SMILES string of the molecule is O=C(c1cccc(NS(=O)(=O)c2cc(Cl)ccc2Cl)c1)N1CCC(N2CCCC2)C1. The Hall–Kier alpha value is -1.80. The van der Waals surface area contributed by atoms with Gasteiger partial charge in [-0.15, -0.1) is 0 Å². The lowest BCUT2D eigenvalue weighted by Gasteiger charge is -2.23. The number of amides is 1. The van der Waals surface area contributed by atoms with Crippen LogP contribution in [0.5, 0.6) is 0 Å². The second-order valence-corrected chi connectivity index (χ2v) is 10.2. The minimum Gasteiger partial charge on any atom is -0.337 e. The highest BCUT2D eigenvalue weighted by Gasteiger charge is 2.32. The quantitative estimate of drug-likeness (QED) is 0.718. The van der Waals surface area contributed by atoms with Crippen molar-refractivity contribution in [3.8, 4) is 0 Å². The molecule has 2 saturated heterocycles. The Labute approximate surface area is 186 Å². The molecular weight excluding hydrogens is 445 g/mol. The van der Waals surface area contributed by atoms with Gasteiger partial charge in [0.1, 0.15) is 4.90 Å². The average molecular weight is 468 g/mol. The first-order valence-corrected chi connectivity index (χ1v) is 12.2. The van der Waals surface area contributed by atoms with Crippen LogP contribution < -0.4 is 4.72 Å². The van der Waals surface area contributed by atoms with E-state index in [-0.39, 0.29) is 20.8 Å². The maximum atomic E-state index is 13.0. The molecule has 2 heterocycles. The summed E-state index contributed by atoms with van der Waals surface area (Å²) in [5.74, 6) is -0.0847. The summed E-state index contributed by atoms with van der Waals surface area (Å²) in [6, 6.07) is 11.2. The molecule has 0 spiro atoms. The first-order chi connectivity index (χ1) is 14.3. The van der Waals surface area contributed by atoms with Gasteiger partial charge in [0.25, 0.3) is 15.9 Å². The highest BCUT2D eigenvalue weighted by Crippen LogP contribution is 2.28. The molecule has 1 amide bonds. The molecule has 6 nitrogen and oxygen atoms in total. The van der Waals surface area contributed by atoms with Gasteiger partial charge >= 0.3 is 0 Å². The predicted octanol–water partition coefficient (Wildman–Crippen LogP) is 4.10. The maximum Gasteiger partial charge on any atom is 0.263 e. The summed E-state index contributed by atoms with van der Waals surface area (Å²) in [5, 5.41) is 0.342. The lowest BCUT2D eigenvalue weighted by Crippen LogP contribution is -2.37. The number of rotatable bonds is 5. The van der Waals surface area contributed by atoms with E-state index in [4.69, 9.17) is 23.2 Å². The highest BCUT2D eigenvalue weighted by atomic mass is 35.5.